The first-order valence-corrected chi connectivity index (χ1v) is 31.0. The minimum atomic E-state index is -0.839. The molecule has 0 aliphatic heterocycles. The van der Waals surface area contributed by atoms with Gasteiger partial charge in [-0.05, 0) is 128 Å². The topological polar surface area (TPSA) is 78.9 Å². The van der Waals surface area contributed by atoms with Crippen LogP contribution in [0.5, 0.6) is 0 Å². The van der Waals surface area contributed by atoms with Crippen LogP contribution in [0.3, 0.4) is 0 Å². The van der Waals surface area contributed by atoms with Crippen molar-refractivity contribution in [1.82, 2.24) is 0 Å². The van der Waals surface area contributed by atoms with Crippen molar-refractivity contribution in [3.8, 4) is 0 Å². The van der Waals surface area contributed by atoms with E-state index in [9.17, 15) is 14.4 Å². The molecule has 0 amide bonds. The van der Waals surface area contributed by atoms with E-state index in [4.69, 9.17) is 14.2 Å². The predicted octanol–water partition coefficient (Wildman–Crippen LogP) is 21.3. The molecule has 0 saturated carbocycles. The Morgan fingerprint density at radius 3 is 0.909 bits per heavy atom. The molecule has 0 N–H and O–H groups in total. The Morgan fingerprint density at radius 1 is 0.286 bits per heavy atom. The number of ether oxygens (including phenoxy) is 3. The molecule has 0 heterocycles. The first-order valence-electron chi connectivity index (χ1n) is 31.0. The summed E-state index contributed by atoms with van der Waals surface area (Å²) in [5.41, 5.74) is 0. The number of hydrogen-bond acceptors (Lipinski definition) is 6. The van der Waals surface area contributed by atoms with Gasteiger partial charge in [-0.1, -0.05) is 262 Å². The van der Waals surface area contributed by atoms with Crippen molar-refractivity contribution >= 4 is 17.9 Å². The van der Waals surface area contributed by atoms with E-state index in [-0.39, 0.29) is 38.0 Å². The van der Waals surface area contributed by atoms with Gasteiger partial charge in [0, 0.05) is 12.8 Å². The number of carbonyl (C=O) groups excluding carboxylic acids is 3. The maximum atomic E-state index is 12.9. The first-order chi connectivity index (χ1) is 38.0. The molecule has 0 rings (SSSR count). The summed E-state index contributed by atoms with van der Waals surface area (Å²) in [5, 5.41) is 0. The summed E-state index contributed by atoms with van der Waals surface area (Å²) < 4.78 is 16.8. The molecular weight excluding hydrogens is 949 g/mol. The number of allylic oxidation sites excluding steroid dienone is 25. The molecule has 0 aromatic rings. The molecular formula is C71H112O6. The SMILES string of the molecule is CC/C=C\C/C=C\C/C=C\C/C=C\C/C=C\CCCCCCCCCC(=O)OCC(COC(=O)C/C=C\C/C=C\C/C=C\C/C=C\C/C=C\CC)OC(=O)CCCCCCCC/C=C\C/C=C\C/C=C\CCCCCCC. The van der Waals surface area contributed by atoms with E-state index in [2.05, 4.69) is 167 Å². The molecule has 0 aliphatic rings. The molecule has 0 radical (unpaired) electrons. The second-order valence-corrected chi connectivity index (χ2v) is 19.9. The van der Waals surface area contributed by atoms with Crippen LogP contribution < -0.4 is 0 Å². The molecule has 0 fully saturated rings. The van der Waals surface area contributed by atoms with Crippen LogP contribution in [0.15, 0.2) is 158 Å². The van der Waals surface area contributed by atoms with Gasteiger partial charge in [0.05, 0.1) is 6.42 Å². The summed E-state index contributed by atoms with van der Waals surface area (Å²) in [7, 11) is 0. The molecule has 6 nitrogen and oxygen atoms in total. The van der Waals surface area contributed by atoms with Gasteiger partial charge in [0.15, 0.2) is 6.10 Å². The van der Waals surface area contributed by atoms with Crippen LogP contribution in [0.25, 0.3) is 0 Å². The highest BCUT2D eigenvalue weighted by Gasteiger charge is 2.19. The van der Waals surface area contributed by atoms with Crippen LogP contribution in [-0.4, -0.2) is 37.2 Å². The summed E-state index contributed by atoms with van der Waals surface area (Å²) in [5.74, 6) is -1.09. The Kier molecular flexibility index (Phi) is 59.5. The summed E-state index contributed by atoms with van der Waals surface area (Å²) in [6.45, 7) is 6.29. The van der Waals surface area contributed by atoms with Gasteiger partial charge in [0.1, 0.15) is 13.2 Å². The fourth-order valence-electron chi connectivity index (χ4n) is 7.96. The van der Waals surface area contributed by atoms with Crippen molar-refractivity contribution in [3.05, 3.63) is 158 Å². The first kappa shape index (κ1) is 72.0. The molecule has 0 aliphatic carbocycles. The normalized spacial score (nSPS) is 13.2. The lowest BCUT2D eigenvalue weighted by Gasteiger charge is -2.18. The standard InChI is InChI=1S/C71H112O6/c1-4-7-10-13-16-19-22-25-28-30-32-34-35-37-38-40-43-46-49-52-55-58-61-64-70(73)76-67-68(66-75-69(72)63-60-57-54-51-48-45-42-27-24-21-18-15-12-9-6-3)77-71(74)65-62-59-56-53-50-47-44-41-39-36-33-31-29-26-23-20-17-14-11-8-5-2/h7,9-10,12,16,18-19,21,23,25-28,31-34,37-39,41-42,48,51,57,60,68H,4-6,8,11,13-15,17,20,22,24,29-30,35-36,40,43-47,49-50,52-56,58-59,61-67H2,1-3H3/b10-7-,12-9-,19-16-,21-18-,26-23-,28-25-,33-31-,34-32-,38-37-,41-39-,42-27-,51-48-,60-57-. The lowest BCUT2D eigenvalue weighted by atomic mass is 10.1. The highest BCUT2D eigenvalue weighted by Crippen LogP contribution is 2.14. The van der Waals surface area contributed by atoms with E-state index in [1.165, 1.54) is 70.6 Å². The summed E-state index contributed by atoms with van der Waals surface area (Å²) in [6, 6.07) is 0. The maximum absolute atomic E-state index is 12.9. The zero-order valence-corrected chi connectivity index (χ0v) is 49.4. The van der Waals surface area contributed by atoms with Crippen molar-refractivity contribution in [2.24, 2.45) is 0 Å². The summed E-state index contributed by atoms with van der Waals surface area (Å²) in [4.78, 5) is 38.2. The monoisotopic (exact) mass is 1060 g/mol. The Hall–Kier alpha value is -4.97. The average Bonchev–Trinajstić information content (AvgIpc) is 3.43. The lowest BCUT2D eigenvalue weighted by Crippen LogP contribution is -2.30. The zero-order valence-electron chi connectivity index (χ0n) is 49.4. The van der Waals surface area contributed by atoms with Crippen LogP contribution >= 0.6 is 0 Å². The van der Waals surface area contributed by atoms with E-state index in [0.717, 1.165) is 141 Å². The Morgan fingerprint density at radius 2 is 0.558 bits per heavy atom. The van der Waals surface area contributed by atoms with Gasteiger partial charge in [0.25, 0.3) is 0 Å². The minimum absolute atomic E-state index is 0.114. The molecule has 0 bridgehead atoms. The molecule has 0 aromatic carbocycles. The van der Waals surface area contributed by atoms with Crippen LogP contribution in [0, 0.1) is 0 Å². The fourth-order valence-corrected chi connectivity index (χ4v) is 7.96. The number of rotatable bonds is 54. The van der Waals surface area contributed by atoms with E-state index >= 15 is 0 Å². The molecule has 6 heteroatoms. The summed E-state index contributed by atoms with van der Waals surface area (Å²) in [6.07, 6.45) is 92.6. The van der Waals surface area contributed by atoms with Crippen LogP contribution in [0.1, 0.15) is 252 Å². The quantitative estimate of drug-likeness (QED) is 0.0261. The zero-order chi connectivity index (χ0) is 55.7. The molecule has 0 aromatic heterocycles. The molecule has 77 heavy (non-hydrogen) atoms. The lowest BCUT2D eigenvalue weighted by molar-refractivity contribution is -0.166. The third-order valence-corrected chi connectivity index (χ3v) is 12.5. The maximum Gasteiger partial charge on any atom is 0.309 e. The van der Waals surface area contributed by atoms with Crippen molar-refractivity contribution in [2.45, 2.75) is 258 Å². The van der Waals surface area contributed by atoms with Crippen molar-refractivity contribution in [1.29, 1.82) is 0 Å². The van der Waals surface area contributed by atoms with E-state index in [1.54, 1.807) is 6.08 Å². The van der Waals surface area contributed by atoms with Crippen LogP contribution in [-0.2, 0) is 28.6 Å². The van der Waals surface area contributed by atoms with Crippen LogP contribution in [0.2, 0.25) is 0 Å². The molecule has 0 spiro atoms. The van der Waals surface area contributed by atoms with Crippen LogP contribution in [0.4, 0.5) is 0 Å². The highest BCUT2D eigenvalue weighted by atomic mass is 16.6. The van der Waals surface area contributed by atoms with Crippen molar-refractivity contribution in [2.75, 3.05) is 13.2 Å². The minimum Gasteiger partial charge on any atom is -0.462 e. The highest BCUT2D eigenvalue weighted by molar-refractivity contribution is 5.72. The number of unbranched alkanes of at least 4 members (excludes halogenated alkanes) is 18. The Balaban J connectivity index is 4.53. The third kappa shape index (κ3) is 61.8. The van der Waals surface area contributed by atoms with Gasteiger partial charge in [-0.2, -0.15) is 0 Å². The van der Waals surface area contributed by atoms with Gasteiger partial charge in [-0.15, -0.1) is 0 Å². The summed E-state index contributed by atoms with van der Waals surface area (Å²) >= 11 is 0. The Bertz CT molecular complexity index is 1740. The van der Waals surface area contributed by atoms with Gasteiger partial charge in [0.2, 0.25) is 0 Å². The Labute approximate surface area is 473 Å². The third-order valence-electron chi connectivity index (χ3n) is 12.5. The molecule has 1 atom stereocenters. The predicted molar refractivity (Wildman–Crippen MR) is 334 cm³/mol. The molecule has 1 unspecified atom stereocenters. The number of hydrogen-bond donors (Lipinski definition) is 0. The smallest absolute Gasteiger partial charge is 0.309 e. The molecule has 432 valence electrons. The van der Waals surface area contributed by atoms with E-state index in [0.29, 0.717) is 6.42 Å². The fraction of sp³-hybridized carbons (Fsp3) is 0.592. The average molecular weight is 1060 g/mol. The largest absolute Gasteiger partial charge is 0.462 e. The second kappa shape index (κ2) is 63.6. The van der Waals surface area contributed by atoms with Gasteiger partial charge < -0.3 is 14.2 Å². The second-order valence-electron chi connectivity index (χ2n) is 19.9. The number of esters is 3. The van der Waals surface area contributed by atoms with Crippen molar-refractivity contribution < 1.29 is 28.6 Å². The van der Waals surface area contributed by atoms with Crippen molar-refractivity contribution in [3.63, 3.8) is 0 Å². The van der Waals surface area contributed by atoms with Gasteiger partial charge in [-0.25, -0.2) is 0 Å². The van der Waals surface area contributed by atoms with Gasteiger partial charge >= 0.3 is 17.9 Å². The van der Waals surface area contributed by atoms with Gasteiger partial charge in [-0.3, -0.25) is 14.4 Å². The molecule has 0 saturated heterocycles. The van der Waals surface area contributed by atoms with E-state index in [1.807, 2.05) is 6.08 Å². The van der Waals surface area contributed by atoms with E-state index < -0.39 is 12.1 Å². The number of carbonyl (C=O) groups is 3.